The van der Waals surface area contributed by atoms with Crippen molar-refractivity contribution in [3.05, 3.63) is 10.1 Å². The maximum absolute atomic E-state index is 11.7. The van der Waals surface area contributed by atoms with E-state index in [9.17, 15) is 23.3 Å². The first kappa shape index (κ1) is 12.3. The SMILES string of the molecule is C[C@]1(NC(=O)[C@H]2C[C@H]2[N+](=O)[O-])CCS(=O)(=O)C1. The zero-order valence-electron chi connectivity index (χ0n) is 9.38. The minimum absolute atomic E-state index is 0.0626. The van der Waals surface area contributed by atoms with Gasteiger partial charge in [0.1, 0.15) is 5.92 Å². The lowest BCUT2D eigenvalue weighted by molar-refractivity contribution is -0.497. The minimum Gasteiger partial charge on any atom is -0.349 e. The van der Waals surface area contributed by atoms with Crippen LogP contribution in [0.2, 0.25) is 0 Å². The molecule has 1 aliphatic heterocycles. The molecule has 2 rings (SSSR count). The average Bonchev–Trinajstić information content (AvgIpc) is 2.89. The predicted octanol–water partition coefficient (Wildman–Crippen LogP) is -0.655. The van der Waals surface area contributed by atoms with Crippen molar-refractivity contribution in [1.29, 1.82) is 0 Å². The molecule has 0 spiro atoms. The maximum atomic E-state index is 11.7. The monoisotopic (exact) mass is 262 g/mol. The molecule has 8 heteroatoms. The molecule has 1 heterocycles. The van der Waals surface area contributed by atoms with Crippen LogP contribution in [-0.2, 0) is 14.6 Å². The Bertz CT molecular complexity index is 474. The smallest absolute Gasteiger partial charge is 0.230 e. The molecule has 0 aromatic heterocycles. The van der Waals surface area contributed by atoms with E-state index in [-0.39, 0.29) is 17.9 Å². The third-order valence-corrected chi connectivity index (χ3v) is 5.20. The second-order valence-corrected chi connectivity index (χ2v) is 7.27. The van der Waals surface area contributed by atoms with Gasteiger partial charge in [0.2, 0.25) is 11.9 Å². The highest BCUT2D eigenvalue weighted by Gasteiger charge is 2.54. The quantitative estimate of drug-likeness (QED) is 0.537. The fourth-order valence-electron chi connectivity index (χ4n) is 2.20. The normalized spacial score (nSPS) is 38.6. The second kappa shape index (κ2) is 3.66. The summed E-state index contributed by atoms with van der Waals surface area (Å²) in [4.78, 5) is 21.6. The predicted molar refractivity (Wildman–Crippen MR) is 58.7 cm³/mol. The number of carbonyl (C=O) groups is 1. The lowest BCUT2D eigenvalue weighted by Crippen LogP contribution is -2.48. The van der Waals surface area contributed by atoms with E-state index >= 15 is 0 Å². The van der Waals surface area contributed by atoms with Gasteiger partial charge in [-0.2, -0.15) is 0 Å². The van der Waals surface area contributed by atoms with E-state index in [1.54, 1.807) is 6.92 Å². The highest BCUT2D eigenvalue weighted by atomic mass is 32.2. The molecule has 7 nitrogen and oxygen atoms in total. The standard InChI is InChI=1S/C9H14N2O5S/c1-9(2-3-17(15,16)5-9)10-8(12)6-4-7(6)11(13)14/h6-7H,2-5H2,1H3,(H,10,12)/t6-,7+,9-/m0/s1. The van der Waals surface area contributed by atoms with Gasteiger partial charge in [0.05, 0.1) is 17.0 Å². The molecule has 0 radical (unpaired) electrons. The second-order valence-electron chi connectivity index (χ2n) is 5.09. The first-order valence-electron chi connectivity index (χ1n) is 5.38. The Morgan fingerprint density at radius 3 is 2.59 bits per heavy atom. The van der Waals surface area contributed by atoms with E-state index in [4.69, 9.17) is 0 Å². The summed E-state index contributed by atoms with van der Waals surface area (Å²) < 4.78 is 22.7. The third-order valence-electron chi connectivity index (χ3n) is 3.29. The van der Waals surface area contributed by atoms with Gasteiger partial charge in [-0.3, -0.25) is 14.9 Å². The van der Waals surface area contributed by atoms with Crippen molar-refractivity contribution in [1.82, 2.24) is 5.32 Å². The topological polar surface area (TPSA) is 106 Å². The molecule has 2 fully saturated rings. The first-order valence-corrected chi connectivity index (χ1v) is 7.21. The van der Waals surface area contributed by atoms with Crippen molar-refractivity contribution in [2.75, 3.05) is 11.5 Å². The van der Waals surface area contributed by atoms with Crippen LogP contribution in [0, 0.1) is 16.0 Å². The molecule has 2 aliphatic rings. The molecule has 0 unspecified atom stereocenters. The highest BCUT2D eigenvalue weighted by molar-refractivity contribution is 7.91. The van der Waals surface area contributed by atoms with Crippen molar-refractivity contribution in [2.24, 2.45) is 5.92 Å². The van der Waals surface area contributed by atoms with Crippen molar-refractivity contribution in [2.45, 2.75) is 31.3 Å². The van der Waals surface area contributed by atoms with Crippen molar-refractivity contribution in [3.63, 3.8) is 0 Å². The number of nitrogens with zero attached hydrogens (tertiary/aromatic N) is 1. The fraction of sp³-hybridized carbons (Fsp3) is 0.889. The van der Waals surface area contributed by atoms with Crippen molar-refractivity contribution in [3.8, 4) is 0 Å². The molecule has 96 valence electrons. The molecule has 0 bridgehead atoms. The zero-order valence-corrected chi connectivity index (χ0v) is 10.2. The molecule has 3 atom stereocenters. The number of hydrogen-bond acceptors (Lipinski definition) is 5. The Labute approximate surface area is 98.6 Å². The summed E-state index contributed by atoms with van der Waals surface area (Å²) in [7, 11) is -3.08. The van der Waals surface area contributed by atoms with Crippen LogP contribution in [0.3, 0.4) is 0 Å². The molecular formula is C9H14N2O5S. The van der Waals surface area contributed by atoms with E-state index in [1.165, 1.54) is 0 Å². The van der Waals surface area contributed by atoms with E-state index < -0.39 is 38.2 Å². The lowest BCUT2D eigenvalue weighted by atomic mass is 10.0. The van der Waals surface area contributed by atoms with Gasteiger partial charge >= 0.3 is 0 Å². The number of nitro groups is 1. The van der Waals surface area contributed by atoms with Crippen LogP contribution in [0.5, 0.6) is 0 Å². The Morgan fingerprint density at radius 2 is 2.18 bits per heavy atom. The molecule has 1 N–H and O–H groups in total. The Morgan fingerprint density at radius 1 is 1.53 bits per heavy atom. The minimum atomic E-state index is -3.08. The largest absolute Gasteiger partial charge is 0.349 e. The number of hydrogen-bond donors (Lipinski definition) is 1. The molecule has 1 saturated heterocycles. The number of carbonyl (C=O) groups excluding carboxylic acids is 1. The Kier molecular flexibility index (Phi) is 2.64. The van der Waals surface area contributed by atoms with Crippen LogP contribution >= 0.6 is 0 Å². The van der Waals surface area contributed by atoms with E-state index in [1.807, 2.05) is 0 Å². The number of amides is 1. The van der Waals surface area contributed by atoms with Crippen LogP contribution in [-0.4, -0.2) is 42.3 Å². The summed E-state index contributed by atoms with van der Waals surface area (Å²) in [5, 5.41) is 13.1. The third kappa shape index (κ3) is 2.56. The van der Waals surface area contributed by atoms with Gasteiger partial charge in [0.25, 0.3) is 0 Å². The van der Waals surface area contributed by atoms with E-state index in [2.05, 4.69) is 5.32 Å². The number of sulfone groups is 1. The molecular weight excluding hydrogens is 248 g/mol. The van der Waals surface area contributed by atoms with Crippen LogP contribution in [0.15, 0.2) is 0 Å². The number of rotatable bonds is 3. The van der Waals surface area contributed by atoms with E-state index in [0.29, 0.717) is 6.42 Å². The van der Waals surface area contributed by atoms with Crippen LogP contribution < -0.4 is 5.32 Å². The van der Waals surface area contributed by atoms with Crippen LogP contribution in [0.1, 0.15) is 19.8 Å². The molecule has 1 saturated carbocycles. The van der Waals surface area contributed by atoms with Gasteiger partial charge < -0.3 is 5.32 Å². The van der Waals surface area contributed by atoms with Crippen molar-refractivity contribution >= 4 is 15.7 Å². The summed E-state index contributed by atoms with van der Waals surface area (Å²) in [6, 6.07) is -0.795. The van der Waals surface area contributed by atoms with Crippen LogP contribution in [0.25, 0.3) is 0 Å². The zero-order chi connectivity index (χ0) is 12.8. The summed E-state index contributed by atoms with van der Waals surface area (Å²) in [5.41, 5.74) is -0.764. The average molecular weight is 262 g/mol. The Hall–Kier alpha value is -1.18. The van der Waals surface area contributed by atoms with Gasteiger partial charge in [-0.15, -0.1) is 0 Å². The fourth-order valence-corrected chi connectivity index (χ4v) is 4.29. The number of nitrogens with one attached hydrogen (secondary N) is 1. The lowest BCUT2D eigenvalue weighted by Gasteiger charge is -2.23. The van der Waals surface area contributed by atoms with Gasteiger partial charge in [0.15, 0.2) is 9.84 Å². The molecule has 1 amide bonds. The van der Waals surface area contributed by atoms with Gasteiger partial charge in [-0.05, 0) is 13.3 Å². The summed E-state index contributed by atoms with van der Waals surface area (Å²) >= 11 is 0. The molecule has 1 aliphatic carbocycles. The van der Waals surface area contributed by atoms with Gasteiger partial charge in [0, 0.05) is 11.3 Å². The van der Waals surface area contributed by atoms with E-state index in [0.717, 1.165) is 0 Å². The molecule has 0 aromatic carbocycles. The van der Waals surface area contributed by atoms with Crippen LogP contribution in [0.4, 0.5) is 0 Å². The van der Waals surface area contributed by atoms with Gasteiger partial charge in [-0.1, -0.05) is 0 Å². The van der Waals surface area contributed by atoms with Crippen molar-refractivity contribution < 1.29 is 18.1 Å². The van der Waals surface area contributed by atoms with Gasteiger partial charge in [-0.25, -0.2) is 8.42 Å². The highest BCUT2D eigenvalue weighted by Crippen LogP contribution is 2.34. The summed E-state index contributed by atoms with van der Waals surface area (Å²) in [5.74, 6) is -1.01. The molecule has 0 aromatic rings. The summed E-state index contributed by atoms with van der Waals surface area (Å²) in [6.45, 7) is 1.67. The molecule has 17 heavy (non-hydrogen) atoms. The summed E-state index contributed by atoms with van der Waals surface area (Å²) in [6.07, 6.45) is 0.624. The maximum Gasteiger partial charge on any atom is 0.230 e. The first-order chi connectivity index (χ1) is 7.72. The Balaban J connectivity index is 1.95.